The summed E-state index contributed by atoms with van der Waals surface area (Å²) in [6, 6.07) is 23.1. The first-order valence-electron chi connectivity index (χ1n) is 10.7. The van der Waals surface area contributed by atoms with Crippen LogP contribution in [0.1, 0.15) is 30.9 Å². The number of hydrogen-bond donors (Lipinski definition) is 2. The molecule has 0 aliphatic rings. The summed E-state index contributed by atoms with van der Waals surface area (Å²) in [5, 5.41) is 5.90. The van der Waals surface area contributed by atoms with Crippen molar-refractivity contribution in [2.45, 2.75) is 26.3 Å². The van der Waals surface area contributed by atoms with Crippen LogP contribution in [0.15, 0.2) is 77.2 Å². The van der Waals surface area contributed by atoms with Crippen LogP contribution in [0.2, 0.25) is 0 Å². The molecule has 168 valence electrons. The Balaban J connectivity index is 1.29. The van der Waals surface area contributed by atoms with Crippen molar-refractivity contribution in [3.05, 3.63) is 83.9 Å². The number of nitrogens with zero attached hydrogens (tertiary/aromatic N) is 1. The van der Waals surface area contributed by atoms with Gasteiger partial charge in [0.15, 0.2) is 17.3 Å². The standard InChI is InChI=1S/C26H25N3O3S/c1-17(2)20-12-13-23-22(14-20)28-25(32-23)19-10-8-18(9-11-19)15-27-26(33)29-24(30)16-31-21-6-4-3-5-7-21/h3-14,17H,15-16H2,1-2H3,(H2,27,29,30,33). The zero-order valence-corrected chi connectivity index (χ0v) is 19.3. The minimum Gasteiger partial charge on any atom is -0.484 e. The fraction of sp³-hybridized carbons (Fsp3) is 0.192. The minimum atomic E-state index is -0.316. The number of fused-ring (bicyclic) bond motifs is 1. The van der Waals surface area contributed by atoms with Gasteiger partial charge in [0.2, 0.25) is 5.89 Å². The molecule has 1 aromatic heterocycles. The first-order chi connectivity index (χ1) is 16.0. The Kier molecular flexibility index (Phi) is 7.00. The Morgan fingerprint density at radius 3 is 2.55 bits per heavy atom. The number of thiocarbonyl (C=S) groups is 1. The van der Waals surface area contributed by atoms with E-state index in [0.717, 1.165) is 22.2 Å². The summed E-state index contributed by atoms with van der Waals surface area (Å²) < 4.78 is 11.3. The van der Waals surface area contributed by atoms with Gasteiger partial charge in [0.1, 0.15) is 11.3 Å². The summed E-state index contributed by atoms with van der Waals surface area (Å²) in [4.78, 5) is 16.6. The Bertz CT molecular complexity index is 1250. The molecule has 6 nitrogen and oxygen atoms in total. The molecule has 0 saturated carbocycles. The van der Waals surface area contributed by atoms with Gasteiger partial charge in [-0.2, -0.15) is 0 Å². The number of hydrogen-bond acceptors (Lipinski definition) is 5. The Morgan fingerprint density at radius 1 is 1.06 bits per heavy atom. The molecule has 0 aliphatic heterocycles. The van der Waals surface area contributed by atoms with E-state index in [2.05, 4.69) is 41.6 Å². The van der Waals surface area contributed by atoms with E-state index in [1.807, 2.05) is 48.5 Å². The number of nitrogens with one attached hydrogen (secondary N) is 2. The van der Waals surface area contributed by atoms with Gasteiger partial charge in [0, 0.05) is 12.1 Å². The lowest BCUT2D eigenvalue weighted by molar-refractivity contribution is -0.121. The van der Waals surface area contributed by atoms with Crippen molar-refractivity contribution in [1.29, 1.82) is 0 Å². The van der Waals surface area contributed by atoms with Crippen molar-refractivity contribution < 1.29 is 13.9 Å². The van der Waals surface area contributed by atoms with Gasteiger partial charge in [-0.25, -0.2) is 4.98 Å². The van der Waals surface area contributed by atoms with Crippen LogP contribution in [-0.2, 0) is 11.3 Å². The highest BCUT2D eigenvalue weighted by molar-refractivity contribution is 7.80. The number of rotatable bonds is 7. The largest absolute Gasteiger partial charge is 0.484 e. The summed E-state index contributed by atoms with van der Waals surface area (Å²) in [7, 11) is 0. The molecule has 2 N–H and O–H groups in total. The molecule has 0 aliphatic carbocycles. The molecular weight excluding hydrogens is 434 g/mol. The number of ether oxygens (including phenoxy) is 1. The van der Waals surface area contributed by atoms with Crippen LogP contribution in [0, 0.1) is 0 Å². The normalized spacial score (nSPS) is 10.9. The van der Waals surface area contributed by atoms with E-state index in [9.17, 15) is 4.79 Å². The smallest absolute Gasteiger partial charge is 0.264 e. The van der Waals surface area contributed by atoms with E-state index in [-0.39, 0.29) is 17.6 Å². The van der Waals surface area contributed by atoms with E-state index in [4.69, 9.17) is 21.4 Å². The van der Waals surface area contributed by atoms with E-state index in [1.54, 1.807) is 12.1 Å². The predicted molar refractivity (Wildman–Crippen MR) is 133 cm³/mol. The van der Waals surface area contributed by atoms with Crippen molar-refractivity contribution in [2.24, 2.45) is 0 Å². The first kappa shape index (κ1) is 22.5. The van der Waals surface area contributed by atoms with Gasteiger partial charge in [0.05, 0.1) is 0 Å². The fourth-order valence-corrected chi connectivity index (χ4v) is 3.43. The van der Waals surface area contributed by atoms with Gasteiger partial charge in [-0.05, 0) is 65.7 Å². The van der Waals surface area contributed by atoms with Gasteiger partial charge in [-0.3, -0.25) is 4.79 Å². The van der Waals surface area contributed by atoms with Gasteiger partial charge in [0.25, 0.3) is 5.91 Å². The van der Waals surface area contributed by atoms with Crippen LogP contribution in [-0.4, -0.2) is 22.6 Å². The van der Waals surface area contributed by atoms with Gasteiger partial charge in [-0.1, -0.05) is 50.2 Å². The van der Waals surface area contributed by atoms with E-state index in [0.29, 0.717) is 24.1 Å². The minimum absolute atomic E-state index is 0.107. The van der Waals surface area contributed by atoms with Crippen LogP contribution in [0.3, 0.4) is 0 Å². The van der Waals surface area contributed by atoms with Crippen LogP contribution in [0.25, 0.3) is 22.6 Å². The average Bonchev–Trinajstić information content (AvgIpc) is 3.26. The molecule has 4 rings (SSSR count). The number of carbonyl (C=O) groups excluding carboxylic acids is 1. The van der Waals surface area contributed by atoms with E-state index >= 15 is 0 Å². The second-order valence-corrected chi connectivity index (χ2v) is 8.34. The summed E-state index contributed by atoms with van der Waals surface area (Å²) in [5.41, 5.74) is 4.78. The first-order valence-corrected chi connectivity index (χ1v) is 11.1. The van der Waals surface area contributed by atoms with Crippen molar-refractivity contribution in [2.75, 3.05) is 6.61 Å². The lowest BCUT2D eigenvalue weighted by Gasteiger charge is -2.10. The van der Waals surface area contributed by atoms with Crippen LogP contribution >= 0.6 is 12.2 Å². The summed E-state index contributed by atoms with van der Waals surface area (Å²) in [6.07, 6.45) is 0. The van der Waals surface area contributed by atoms with Crippen molar-refractivity contribution >= 4 is 34.3 Å². The average molecular weight is 460 g/mol. The monoisotopic (exact) mass is 459 g/mol. The molecule has 0 spiro atoms. The summed E-state index contributed by atoms with van der Waals surface area (Å²) in [5.74, 6) is 1.34. The molecule has 0 bridgehead atoms. The number of para-hydroxylation sites is 1. The lowest BCUT2D eigenvalue weighted by atomic mass is 10.0. The molecule has 0 unspecified atom stereocenters. The summed E-state index contributed by atoms with van der Waals surface area (Å²) >= 11 is 5.20. The Labute approximate surface area is 198 Å². The molecule has 3 aromatic carbocycles. The quantitative estimate of drug-likeness (QED) is 0.371. The van der Waals surface area contributed by atoms with Gasteiger partial charge >= 0.3 is 0 Å². The molecule has 0 saturated heterocycles. The third-order valence-corrected chi connectivity index (χ3v) is 5.34. The Hall–Kier alpha value is -3.71. The molecule has 1 heterocycles. The maximum atomic E-state index is 12.0. The van der Waals surface area contributed by atoms with Crippen molar-refractivity contribution in [1.82, 2.24) is 15.6 Å². The number of carbonyl (C=O) groups is 1. The third-order valence-electron chi connectivity index (χ3n) is 5.10. The Morgan fingerprint density at radius 2 is 1.82 bits per heavy atom. The molecule has 7 heteroatoms. The molecule has 0 radical (unpaired) electrons. The SMILES string of the molecule is CC(C)c1ccc2oc(-c3ccc(CNC(=S)NC(=O)COc4ccccc4)cc3)nc2c1. The van der Waals surface area contributed by atoms with E-state index in [1.165, 1.54) is 5.56 Å². The highest BCUT2D eigenvalue weighted by Gasteiger charge is 2.10. The zero-order chi connectivity index (χ0) is 23.2. The molecule has 0 atom stereocenters. The third kappa shape index (κ3) is 5.96. The molecule has 0 fully saturated rings. The van der Waals surface area contributed by atoms with Crippen molar-refractivity contribution in [3.63, 3.8) is 0 Å². The number of benzene rings is 3. The highest BCUT2D eigenvalue weighted by atomic mass is 32.1. The number of oxazole rings is 1. The van der Waals surface area contributed by atoms with Crippen LogP contribution in [0.4, 0.5) is 0 Å². The molecular formula is C26H25N3O3S. The zero-order valence-electron chi connectivity index (χ0n) is 18.5. The molecule has 1 amide bonds. The maximum Gasteiger partial charge on any atom is 0.264 e. The molecule has 4 aromatic rings. The second-order valence-electron chi connectivity index (χ2n) is 7.93. The fourth-order valence-electron chi connectivity index (χ4n) is 3.25. The van der Waals surface area contributed by atoms with Crippen molar-refractivity contribution in [3.8, 4) is 17.2 Å². The predicted octanol–water partition coefficient (Wildman–Crippen LogP) is 5.19. The van der Waals surface area contributed by atoms with E-state index < -0.39 is 0 Å². The highest BCUT2D eigenvalue weighted by Crippen LogP contribution is 2.27. The molecule has 33 heavy (non-hydrogen) atoms. The number of amides is 1. The maximum absolute atomic E-state index is 12.0. The van der Waals surface area contributed by atoms with Gasteiger partial charge in [-0.15, -0.1) is 0 Å². The summed E-state index contributed by atoms with van der Waals surface area (Å²) in [6.45, 7) is 4.68. The van der Waals surface area contributed by atoms with Gasteiger partial charge < -0.3 is 19.8 Å². The second kappa shape index (κ2) is 10.3. The lowest BCUT2D eigenvalue weighted by Crippen LogP contribution is -2.41. The topological polar surface area (TPSA) is 76.4 Å². The number of aromatic nitrogens is 1. The van der Waals surface area contributed by atoms with Crippen LogP contribution < -0.4 is 15.4 Å². The van der Waals surface area contributed by atoms with Crippen LogP contribution in [0.5, 0.6) is 5.75 Å².